The second-order valence-corrected chi connectivity index (χ2v) is 7.55. The van der Waals surface area contributed by atoms with Crippen molar-refractivity contribution in [3.8, 4) is 0 Å². The number of carbonyl (C=O) groups excluding carboxylic acids is 2. The van der Waals surface area contributed by atoms with E-state index in [2.05, 4.69) is 15.5 Å². The summed E-state index contributed by atoms with van der Waals surface area (Å²) in [6.45, 7) is 0.481. The number of rotatable bonds is 4. The van der Waals surface area contributed by atoms with E-state index in [4.69, 9.17) is 0 Å². The molecule has 0 saturated carbocycles. The number of aromatic nitrogens is 2. The molecule has 1 aromatic heterocycles. The first kappa shape index (κ1) is 19.1. The minimum Gasteiger partial charge on any atom is -0.329 e. The maximum atomic E-state index is 14.0. The molecule has 0 spiro atoms. The summed E-state index contributed by atoms with van der Waals surface area (Å²) in [6.07, 6.45) is 1.41. The van der Waals surface area contributed by atoms with Crippen LogP contribution in [0.25, 0.3) is 0 Å². The molecule has 3 aromatic rings. The van der Waals surface area contributed by atoms with Crippen molar-refractivity contribution in [2.24, 2.45) is 0 Å². The monoisotopic (exact) mass is 414 g/mol. The van der Waals surface area contributed by atoms with Gasteiger partial charge in [0, 0.05) is 12.2 Å². The summed E-state index contributed by atoms with van der Waals surface area (Å²) in [5, 5.41) is 11.3. The number of carbonyl (C=O) groups is 2. The van der Waals surface area contributed by atoms with Crippen molar-refractivity contribution in [1.29, 1.82) is 0 Å². The molecule has 2 amide bonds. The van der Waals surface area contributed by atoms with Gasteiger partial charge in [-0.25, -0.2) is 8.78 Å². The second kappa shape index (κ2) is 8.04. The van der Waals surface area contributed by atoms with Crippen LogP contribution in [-0.2, 0) is 0 Å². The largest absolute Gasteiger partial charge is 0.329 e. The van der Waals surface area contributed by atoms with Crippen molar-refractivity contribution in [1.82, 2.24) is 15.1 Å². The van der Waals surface area contributed by atoms with Crippen molar-refractivity contribution in [2.45, 2.75) is 18.9 Å². The molecule has 9 heteroatoms. The number of hydrogen-bond acceptors (Lipinski definition) is 5. The van der Waals surface area contributed by atoms with Gasteiger partial charge in [-0.05, 0) is 49.2 Å². The first-order valence-corrected chi connectivity index (χ1v) is 9.80. The Balaban J connectivity index is 1.50. The number of nitrogens with zero attached hydrogens (tertiary/aromatic N) is 3. The molecule has 29 heavy (non-hydrogen) atoms. The standard InChI is InChI=1S/C20H16F2N4O2S/c21-12-7-9-13(10-8-12)23-17(27)19-25-24-18(29-19)16-6-3-11-26(16)20(28)14-4-1-2-5-15(14)22/h1-2,4-5,7-10,16H,3,6,11H2,(H,23,27)/t16-/m1/s1. The molecule has 148 valence electrons. The average molecular weight is 414 g/mol. The lowest BCUT2D eigenvalue weighted by Crippen LogP contribution is -2.31. The summed E-state index contributed by atoms with van der Waals surface area (Å²) in [5.41, 5.74) is 0.448. The third-order valence-corrected chi connectivity index (χ3v) is 5.66. The average Bonchev–Trinajstić information content (AvgIpc) is 3.39. The van der Waals surface area contributed by atoms with Crippen molar-refractivity contribution in [3.05, 3.63) is 75.7 Å². The van der Waals surface area contributed by atoms with E-state index in [1.807, 2.05) is 0 Å². The molecule has 1 aliphatic rings. The number of likely N-dealkylation sites (tertiary alicyclic amines) is 1. The first-order chi connectivity index (χ1) is 14.0. The minimum atomic E-state index is -0.570. The molecular weight excluding hydrogens is 398 g/mol. The van der Waals surface area contributed by atoms with Crippen LogP contribution in [0.3, 0.4) is 0 Å². The van der Waals surface area contributed by atoms with Crippen LogP contribution in [0.4, 0.5) is 14.5 Å². The van der Waals surface area contributed by atoms with Gasteiger partial charge in [-0.2, -0.15) is 0 Å². The molecule has 0 aliphatic carbocycles. The third-order valence-electron chi connectivity index (χ3n) is 4.64. The fraction of sp³-hybridized carbons (Fsp3) is 0.200. The molecule has 4 rings (SSSR count). The third kappa shape index (κ3) is 4.00. The zero-order valence-electron chi connectivity index (χ0n) is 15.1. The van der Waals surface area contributed by atoms with Crippen LogP contribution in [0.5, 0.6) is 0 Å². The minimum absolute atomic E-state index is 0.0122. The van der Waals surface area contributed by atoms with Crippen LogP contribution in [0.15, 0.2) is 48.5 Å². The van der Waals surface area contributed by atoms with Gasteiger partial charge in [0.2, 0.25) is 5.01 Å². The molecule has 1 saturated heterocycles. The van der Waals surface area contributed by atoms with Crippen molar-refractivity contribution >= 4 is 28.8 Å². The molecule has 6 nitrogen and oxygen atoms in total. The molecule has 2 aromatic carbocycles. The number of halogens is 2. The van der Waals surface area contributed by atoms with E-state index < -0.39 is 23.4 Å². The second-order valence-electron chi connectivity index (χ2n) is 6.54. The smallest absolute Gasteiger partial charge is 0.286 e. The quantitative estimate of drug-likeness (QED) is 0.699. The van der Waals surface area contributed by atoms with Gasteiger partial charge in [-0.15, -0.1) is 10.2 Å². The van der Waals surface area contributed by atoms with Crippen LogP contribution in [0, 0.1) is 11.6 Å². The zero-order chi connectivity index (χ0) is 20.4. The molecule has 1 fully saturated rings. The van der Waals surface area contributed by atoms with Crippen LogP contribution in [-0.4, -0.2) is 33.5 Å². The lowest BCUT2D eigenvalue weighted by molar-refractivity contribution is 0.0730. The van der Waals surface area contributed by atoms with E-state index in [0.717, 1.165) is 17.8 Å². The highest BCUT2D eigenvalue weighted by atomic mass is 32.1. The fourth-order valence-electron chi connectivity index (χ4n) is 3.23. The Kier molecular flexibility index (Phi) is 5.30. The normalized spacial score (nSPS) is 16.1. The summed E-state index contributed by atoms with van der Waals surface area (Å²) < 4.78 is 27.0. The van der Waals surface area contributed by atoms with Gasteiger partial charge < -0.3 is 10.2 Å². The SMILES string of the molecule is O=C(Nc1ccc(F)cc1)c1nnc([C@H]2CCCN2C(=O)c2ccccc2F)s1. The Morgan fingerprint density at radius 3 is 2.59 bits per heavy atom. The van der Waals surface area contributed by atoms with Crippen molar-refractivity contribution < 1.29 is 18.4 Å². The topological polar surface area (TPSA) is 75.2 Å². The van der Waals surface area contributed by atoms with Gasteiger partial charge in [0.25, 0.3) is 11.8 Å². The molecule has 0 bridgehead atoms. The Bertz CT molecular complexity index is 1050. The van der Waals surface area contributed by atoms with Gasteiger partial charge in [-0.1, -0.05) is 23.5 Å². The van der Waals surface area contributed by atoms with Gasteiger partial charge in [0.05, 0.1) is 11.6 Å². The molecule has 0 radical (unpaired) electrons. The maximum Gasteiger partial charge on any atom is 0.286 e. The Morgan fingerprint density at radius 2 is 1.83 bits per heavy atom. The van der Waals surface area contributed by atoms with Gasteiger partial charge >= 0.3 is 0 Å². The highest BCUT2D eigenvalue weighted by Gasteiger charge is 2.34. The Labute approximate surface area is 169 Å². The highest BCUT2D eigenvalue weighted by molar-refractivity contribution is 7.13. The Hall–Kier alpha value is -3.20. The van der Waals surface area contributed by atoms with Crippen LogP contribution in [0.1, 0.15) is 44.1 Å². The van der Waals surface area contributed by atoms with E-state index in [0.29, 0.717) is 23.7 Å². The van der Waals surface area contributed by atoms with E-state index in [-0.39, 0.29) is 16.6 Å². The van der Waals surface area contributed by atoms with Crippen LogP contribution < -0.4 is 5.32 Å². The van der Waals surface area contributed by atoms with Crippen LogP contribution >= 0.6 is 11.3 Å². The van der Waals surface area contributed by atoms with E-state index >= 15 is 0 Å². The summed E-state index contributed by atoms with van der Waals surface area (Å²) in [5.74, 6) is -1.84. The van der Waals surface area contributed by atoms with Gasteiger partial charge in [0.1, 0.15) is 16.6 Å². The molecule has 1 N–H and O–H groups in total. The highest BCUT2D eigenvalue weighted by Crippen LogP contribution is 2.35. The lowest BCUT2D eigenvalue weighted by atomic mass is 10.1. The molecular formula is C20H16F2N4O2S. The van der Waals surface area contributed by atoms with Crippen molar-refractivity contribution in [2.75, 3.05) is 11.9 Å². The molecule has 1 atom stereocenters. The maximum absolute atomic E-state index is 14.0. The van der Waals surface area contributed by atoms with Crippen LogP contribution in [0.2, 0.25) is 0 Å². The van der Waals surface area contributed by atoms with E-state index in [9.17, 15) is 18.4 Å². The van der Waals surface area contributed by atoms with Crippen molar-refractivity contribution in [3.63, 3.8) is 0 Å². The molecule has 2 heterocycles. The molecule has 0 unspecified atom stereocenters. The fourth-order valence-corrected chi connectivity index (χ4v) is 4.12. The number of amides is 2. The number of hydrogen-bond donors (Lipinski definition) is 1. The van der Waals surface area contributed by atoms with E-state index in [1.165, 1.54) is 42.5 Å². The summed E-state index contributed by atoms with van der Waals surface area (Å²) >= 11 is 1.09. The lowest BCUT2D eigenvalue weighted by Gasteiger charge is -2.23. The number of benzene rings is 2. The summed E-state index contributed by atoms with van der Waals surface area (Å²) in [4.78, 5) is 26.7. The summed E-state index contributed by atoms with van der Waals surface area (Å²) in [6, 6.07) is 10.9. The number of anilines is 1. The molecule has 1 aliphatic heterocycles. The van der Waals surface area contributed by atoms with Gasteiger partial charge in [-0.3, -0.25) is 9.59 Å². The summed E-state index contributed by atoms with van der Waals surface area (Å²) in [7, 11) is 0. The first-order valence-electron chi connectivity index (χ1n) is 8.99. The predicted octanol–water partition coefficient (Wildman–Crippen LogP) is 4.05. The predicted molar refractivity (Wildman–Crippen MR) is 104 cm³/mol. The van der Waals surface area contributed by atoms with Gasteiger partial charge in [0.15, 0.2) is 0 Å². The van der Waals surface area contributed by atoms with E-state index in [1.54, 1.807) is 11.0 Å². The zero-order valence-corrected chi connectivity index (χ0v) is 16.0. The Morgan fingerprint density at radius 1 is 1.07 bits per heavy atom. The number of nitrogens with one attached hydrogen (secondary N) is 1.